The molecule has 7 heteroatoms. The third kappa shape index (κ3) is 3.80. The molecule has 0 aliphatic carbocycles. The molecule has 1 unspecified atom stereocenters. The molecule has 0 aromatic carbocycles. The Kier molecular flexibility index (Phi) is 4.28. The SMILES string of the molecule is O=C(O)CCC(=O)NCC1CCCS1(=O)=O. The van der Waals surface area contributed by atoms with Gasteiger partial charge in [-0.05, 0) is 12.8 Å². The molecule has 2 N–H and O–H groups in total. The zero-order valence-corrected chi connectivity index (χ0v) is 9.62. The van der Waals surface area contributed by atoms with E-state index in [-0.39, 0.29) is 25.1 Å². The number of rotatable bonds is 5. The van der Waals surface area contributed by atoms with Crippen LogP contribution < -0.4 is 5.32 Å². The molecule has 0 aromatic heterocycles. The van der Waals surface area contributed by atoms with Crippen LogP contribution in [0.25, 0.3) is 0 Å². The number of aliphatic carboxylic acids is 1. The van der Waals surface area contributed by atoms with Crippen LogP contribution in [0.15, 0.2) is 0 Å². The van der Waals surface area contributed by atoms with Crippen LogP contribution in [0.1, 0.15) is 25.7 Å². The first kappa shape index (κ1) is 13.0. The molecular weight excluding hydrogens is 234 g/mol. The molecule has 1 rings (SSSR count). The normalized spacial score (nSPS) is 22.9. The van der Waals surface area contributed by atoms with Gasteiger partial charge in [-0.15, -0.1) is 0 Å². The summed E-state index contributed by atoms with van der Waals surface area (Å²) < 4.78 is 22.8. The second-order valence-corrected chi connectivity index (χ2v) is 6.23. The second kappa shape index (κ2) is 5.29. The van der Waals surface area contributed by atoms with Crippen molar-refractivity contribution in [2.75, 3.05) is 12.3 Å². The van der Waals surface area contributed by atoms with E-state index in [1.165, 1.54) is 0 Å². The van der Waals surface area contributed by atoms with Crippen molar-refractivity contribution in [3.8, 4) is 0 Å². The van der Waals surface area contributed by atoms with Gasteiger partial charge in [0.1, 0.15) is 0 Å². The van der Waals surface area contributed by atoms with Crippen molar-refractivity contribution in [2.45, 2.75) is 30.9 Å². The summed E-state index contributed by atoms with van der Waals surface area (Å²) in [7, 11) is -3.05. The first-order valence-electron chi connectivity index (χ1n) is 5.12. The molecule has 1 heterocycles. The van der Waals surface area contributed by atoms with Gasteiger partial charge in [0.2, 0.25) is 5.91 Å². The van der Waals surface area contributed by atoms with Crippen molar-refractivity contribution in [3.63, 3.8) is 0 Å². The van der Waals surface area contributed by atoms with E-state index in [9.17, 15) is 18.0 Å². The van der Waals surface area contributed by atoms with Crippen molar-refractivity contribution >= 4 is 21.7 Å². The molecule has 0 aromatic rings. The summed E-state index contributed by atoms with van der Waals surface area (Å²) in [6, 6.07) is 0. The van der Waals surface area contributed by atoms with Gasteiger partial charge in [-0.3, -0.25) is 9.59 Å². The van der Waals surface area contributed by atoms with Gasteiger partial charge in [0, 0.05) is 13.0 Å². The zero-order valence-electron chi connectivity index (χ0n) is 8.81. The Hall–Kier alpha value is -1.11. The van der Waals surface area contributed by atoms with Crippen LogP contribution in [0, 0.1) is 0 Å². The van der Waals surface area contributed by atoms with Gasteiger partial charge in [0.25, 0.3) is 0 Å². The minimum atomic E-state index is -3.05. The highest BCUT2D eigenvalue weighted by molar-refractivity contribution is 7.92. The van der Waals surface area contributed by atoms with E-state index in [1.807, 2.05) is 0 Å². The monoisotopic (exact) mass is 249 g/mol. The van der Waals surface area contributed by atoms with E-state index >= 15 is 0 Å². The van der Waals surface area contributed by atoms with Gasteiger partial charge < -0.3 is 10.4 Å². The predicted octanol–water partition coefficient (Wildman–Crippen LogP) is -0.455. The summed E-state index contributed by atoms with van der Waals surface area (Å²) in [6.07, 6.45) is 0.866. The Morgan fingerprint density at radius 3 is 2.50 bits per heavy atom. The summed E-state index contributed by atoms with van der Waals surface area (Å²) in [5, 5.41) is 10.3. The van der Waals surface area contributed by atoms with Crippen LogP contribution in [0.2, 0.25) is 0 Å². The molecule has 0 bridgehead atoms. The highest BCUT2D eigenvalue weighted by Gasteiger charge is 2.31. The average Bonchev–Trinajstić information content (AvgIpc) is 2.51. The molecule has 1 aliphatic rings. The van der Waals surface area contributed by atoms with Crippen molar-refractivity contribution in [1.29, 1.82) is 0 Å². The van der Waals surface area contributed by atoms with Crippen LogP contribution in [0.5, 0.6) is 0 Å². The lowest BCUT2D eigenvalue weighted by Gasteiger charge is -2.10. The summed E-state index contributed by atoms with van der Waals surface area (Å²) >= 11 is 0. The van der Waals surface area contributed by atoms with E-state index in [2.05, 4.69) is 5.32 Å². The highest BCUT2D eigenvalue weighted by atomic mass is 32.2. The minimum absolute atomic E-state index is 0.0980. The lowest BCUT2D eigenvalue weighted by Crippen LogP contribution is -2.34. The molecule has 0 radical (unpaired) electrons. The van der Waals surface area contributed by atoms with Crippen molar-refractivity contribution in [1.82, 2.24) is 5.32 Å². The number of hydrogen-bond acceptors (Lipinski definition) is 4. The molecule has 1 fully saturated rings. The van der Waals surface area contributed by atoms with Crippen LogP contribution in [0.4, 0.5) is 0 Å². The van der Waals surface area contributed by atoms with E-state index in [1.54, 1.807) is 0 Å². The molecule has 1 atom stereocenters. The smallest absolute Gasteiger partial charge is 0.303 e. The summed E-state index contributed by atoms with van der Waals surface area (Å²) in [5.41, 5.74) is 0. The number of carboxylic acid groups (broad SMARTS) is 1. The second-order valence-electron chi connectivity index (χ2n) is 3.83. The molecule has 6 nitrogen and oxygen atoms in total. The highest BCUT2D eigenvalue weighted by Crippen LogP contribution is 2.18. The zero-order chi connectivity index (χ0) is 12.2. The lowest BCUT2D eigenvalue weighted by atomic mass is 10.2. The van der Waals surface area contributed by atoms with Crippen LogP contribution in [-0.2, 0) is 19.4 Å². The fourth-order valence-electron chi connectivity index (χ4n) is 1.62. The first-order chi connectivity index (χ1) is 7.42. The van der Waals surface area contributed by atoms with E-state index < -0.39 is 27.0 Å². The fraction of sp³-hybridized carbons (Fsp3) is 0.778. The van der Waals surface area contributed by atoms with E-state index in [0.717, 1.165) is 0 Å². The quantitative estimate of drug-likeness (QED) is 0.687. The Labute approximate surface area is 93.9 Å². The minimum Gasteiger partial charge on any atom is -0.481 e. The van der Waals surface area contributed by atoms with Gasteiger partial charge in [-0.25, -0.2) is 8.42 Å². The Bertz CT molecular complexity index is 375. The lowest BCUT2D eigenvalue weighted by molar-refractivity contribution is -0.138. The Balaban J connectivity index is 2.29. The van der Waals surface area contributed by atoms with Gasteiger partial charge in [-0.2, -0.15) is 0 Å². The third-order valence-electron chi connectivity index (χ3n) is 2.56. The number of nitrogens with one attached hydrogen (secondary N) is 1. The maximum Gasteiger partial charge on any atom is 0.303 e. The predicted molar refractivity (Wildman–Crippen MR) is 56.7 cm³/mol. The number of carboxylic acids is 1. The molecule has 0 spiro atoms. The van der Waals surface area contributed by atoms with Gasteiger partial charge in [0.05, 0.1) is 17.4 Å². The van der Waals surface area contributed by atoms with Crippen LogP contribution in [-0.4, -0.2) is 42.9 Å². The number of carbonyl (C=O) groups is 2. The molecule has 1 aliphatic heterocycles. The van der Waals surface area contributed by atoms with Crippen LogP contribution >= 0.6 is 0 Å². The summed E-state index contributed by atoms with van der Waals surface area (Å²) in [6.45, 7) is 0.0980. The largest absolute Gasteiger partial charge is 0.481 e. The summed E-state index contributed by atoms with van der Waals surface area (Å²) in [4.78, 5) is 21.3. The van der Waals surface area contributed by atoms with Crippen molar-refractivity contribution in [3.05, 3.63) is 0 Å². The summed E-state index contributed by atoms with van der Waals surface area (Å²) in [5.74, 6) is -1.27. The number of carbonyl (C=O) groups excluding carboxylic acids is 1. The molecular formula is C9H15NO5S. The number of amides is 1. The number of hydrogen-bond donors (Lipinski definition) is 2. The van der Waals surface area contributed by atoms with E-state index in [4.69, 9.17) is 5.11 Å². The maximum atomic E-state index is 11.4. The molecule has 16 heavy (non-hydrogen) atoms. The van der Waals surface area contributed by atoms with E-state index in [0.29, 0.717) is 12.8 Å². The standard InChI is InChI=1S/C9H15NO5S/c11-8(3-4-9(12)13)10-6-7-2-1-5-16(7,14)15/h7H,1-6H2,(H,10,11)(H,12,13). The third-order valence-corrected chi connectivity index (χ3v) is 4.83. The molecule has 0 saturated carbocycles. The first-order valence-corrected chi connectivity index (χ1v) is 6.83. The fourth-order valence-corrected chi connectivity index (χ4v) is 3.39. The van der Waals surface area contributed by atoms with Gasteiger partial charge >= 0.3 is 5.97 Å². The average molecular weight is 249 g/mol. The molecule has 1 saturated heterocycles. The van der Waals surface area contributed by atoms with Gasteiger partial charge in [-0.1, -0.05) is 0 Å². The van der Waals surface area contributed by atoms with Gasteiger partial charge in [0.15, 0.2) is 9.84 Å². The van der Waals surface area contributed by atoms with Crippen LogP contribution in [0.3, 0.4) is 0 Å². The molecule has 1 amide bonds. The topological polar surface area (TPSA) is 101 Å². The molecule has 92 valence electrons. The Morgan fingerprint density at radius 1 is 1.31 bits per heavy atom. The number of sulfone groups is 1. The van der Waals surface area contributed by atoms with Crippen molar-refractivity contribution in [2.24, 2.45) is 0 Å². The Morgan fingerprint density at radius 2 is 2.00 bits per heavy atom. The van der Waals surface area contributed by atoms with Crippen molar-refractivity contribution < 1.29 is 23.1 Å². The maximum absolute atomic E-state index is 11.4.